The molecule has 0 aliphatic heterocycles. The fourth-order valence-electron chi connectivity index (χ4n) is 3.11. The lowest BCUT2D eigenvalue weighted by molar-refractivity contribution is -0.132. The zero-order chi connectivity index (χ0) is 16.9. The second kappa shape index (κ2) is 7.74. The molecule has 23 heavy (non-hydrogen) atoms. The van der Waals surface area contributed by atoms with Crippen LogP contribution in [0.15, 0.2) is 47.6 Å². The fraction of sp³-hybridized carbons (Fsp3) is 0.476. The molecule has 124 valence electrons. The van der Waals surface area contributed by atoms with Gasteiger partial charge in [0.05, 0.1) is 0 Å². The maximum Gasteiger partial charge on any atom is 0.198 e. The predicted molar refractivity (Wildman–Crippen MR) is 96.1 cm³/mol. The Morgan fingerprint density at radius 1 is 1.13 bits per heavy atom. The van der Waals surface area contributed by atoms with Crippen LogP contribution in [0.5, 0.6) is 0 Å². The van der Waals surface area contributed by atoms with Crippen LogP contribution in [-0.2, 0) is 4.79 Å². The summed E-state index contributed by atoms with van der Waals surface area (Å²) in [5, 5.41) is 10.4. The van der Waals surface area contributed by atoms with Gasteiger partial charge in [0.1, 0.15) is 5.60 Å². The van der Waals surface area contributed by atoms with Crippen molar-refractivity contribution in [1.82, 2.24) is 0 Å². The highest BCUT2D eigenvalue weighted by atomic mass is 16.3. The number of rotatable bonds is 8. The van der Waals surface area contributed by atoms with Gasteiger partial charge in [0.2, 0.25) is 0 Å². The van der Waals surface area contributed by atoms with E-state index in [4.69, 9.17) is 0 Å². The van der Waals surface area contributed by atoms with Gasteiger partial charge >= 0.3 is 0 Å². The van der Waals surface area contributed by atoms with Gasteiger partial charge in [-0.05, 0) is 55.4 Å². The third kappa shape index (κ3) is 3.81. The third-order valence-corrected chi connectivity index (χ3v) is 4.64. The Labute approximate surface area is 139 Å². The van der Waals surface area contributed by atoms with Crippen molar-refractivity contribution in [2.45, 2.75) is 64.9 Å². The number of hydrogen-bond acceptors (Lipinski definition) is 2. The van der Waals surface area contributed by atoms with E-state index >= 15 is 0 Å². The van der Waals surface area contributed by atoms with Crippen molar-refractivity contribution in [3.63, 3.8) is 0 Å². The topological polar surface area (TPSA) is 37.3 Å². The highest BCUT2D eigenvalue weighted by Crippen LogP contribution is 2.40. The van der Waals surface area contributed by atoms with E-state index in [1.165, 1.54) is 11.1 Å². The van der Waals surface area contributed by atoms with Crippen LogP contribution in [-0.4, -0.2) is 16.5 Å². The summed E-state index contributed by atoms with van der Waals surface area (Å²) in [7, 11) is 0. The smallest absolute Gasteiger partial charge is 0.198 e. The summed E-state index contributed by atoms with van der Waals surface area (Å²) in [6.07, 6.45) is 8.08. The lowest BCUT2D eigenvalue weighted by atomic mass is 9.70. The molecule has 1 N–H and O–H groups in total. The lowest BCUT2D eigenvalue weighted by Gasteiger charge is -2.37. The standard InChI is InChI=1S/C21H28O2/c1-4-6-11-17(16-12-9-8-10-13-16)15-18-19(14-7-5-2)21(3,23)20(18)22/h8-10,12-13,15,23H,4-7,11,14H2,1-3H3/b17-15+. The summed E-state index contributed by atoms with van der Waals surface area (Å²) in [5.41, 5.74) is 2.75. The van der Waals surface area contributed by atoms with Crippen molar-refractivity contribution in [1.29, 1.82) is 0 Å². The van der Waals surface area contributed by atoms with Crippen LogP contribution in [0.4, 0.5) is 0 Å². The molecule has 0 aromatic heterocycles. The minimum atomic E-state index is -1.26. The van der Waals surface area contributed by atoms with E-state index in [9.17, 15) is 9.90 Å². The molecule has 1 unspecified atom stereocenters. The van der Waals surface area contributed by atoms with E-state index in [0.717, 1.165) is 49.7 Å². The van der Waals surface area contributed by atoms with Gasteiger partial charge in [-0.3, -0.25) is 4.79 Å². The Hall–Kier alpha value is -1.67. The third-order valence-electron chi connectivity index (χ3n) is 4.64. The molecule has 0 amide bonds. The highest BCUT2D eigenvalue weighted by molar-refractivity contribution is 6.15. The minimum Gasteiger partial charge on any atom is -0.378 e. The molecule has 1 aromatic carbocycles. The van der Waals surface area contributed by atoms with E-state index in [1.54, 1.807) is 6.92 Å². The Morgan fingerprint density at radius 2 is 1.78 bits per heavy atom. The molecule has 2 heteroatoms. The molecule has 1 aromatic rings. The van der Waals surface area contributed by atoms with Crippen molar-refractivity contribution in [3.05, 3.63) is 53.1 Å². The number of carbonyl (C=O) groups excluding carboxylic acids is 1. The van der Waals surface area contributed by atoms with Gasteiger partial charge in [-0.1, -0.05) is 57.0 Å². The van der Waals surface area contributed by atoms with Crippen LogP contribution >= 0.6 is 0 Å². The average molecular weight is 312 g/mol. The van der Waals surface area contributed by atoms with Gasteiger partial charge in [0.15, 0.2) is 5.78 Å². The molecule has 0 heterocycles. The van der Waals surface area contributed by atoms with E-state index in [-0.39, 0.29) is 5.78 Å². The molecular formula is C21H28O2. The van der Waals surface area contributed by atoms with Gasteiger partial charge in [-0.2, -0.15) is 0 Å². The van der Waals surface area contributed by atoms with E-state index < -0.39 is 5.60 Å². The molecule has 1 atom stereocenters. The predicted octanol–water partition coefficient (Wildman–Crippen LogP) is 5.08. The van der Waals surface area contributed by atoms with Crippen molar-refractivity contribution in [3.8, 4) is 0 Å². The van der Waals surface area contributed by atoms with Gasteiger partial charge in [-0.15, -0.1) is 0 Å². The summed E-state index contributed by atoms with van der Waals surface area (Å²) in [6.45, 7) is 5.93. The largest absolute Gasteiger partial charge is 0.378 e. The molecule has 0 fully saturated rings. The average Bonchev–Trinajstić information content (AvgIpc) is 2.57. The van der Waals surface area contributed by atoms with E-state index in [2.05, 4.69) is 26.0 Å². The summed E-state index contributed by atoms with van der Waals surface area (Å²) in [5.74, 6) is -0.131. The number of unbranched alkanes of at least 4 members (excludes halogenated alkanes) is 2. The zero-order valence-electron chi connectivity index (χ0n) is 14.6. The molecule has 2 rings (SSSR count). The van der Waals surface area contributed by atoms with Gasteiger partial charge in [0, 0.05) is 5.57 Å². The lowest BCUT2D eigenvalue weighted by Crippen LogP contribution is -2.48. The van der Waals surface area contributed by atoms with E-state index in [0.29, 0.717) is 0 Å². The molecule has 1 aliphatic rings. The summed E-state index contributed by atoms with van der Waals surface area (Å²) in [6, 6.07) is 10.2. The molecule has 0 bridgehead atoms. The van der Waals surface area contributed by atoms with Crippen molar-refractivity contribution in [2.75, 3.05) is 0 Å². The van der Waals surface area contributed by atoms with Gasteiger partial charge in [-0.25, -0.2) is 0 Å². The fourth-order valence-corrected chi connectivity index (χ4v) is 3.11. The van der Waals surface area contributed by atoms with Crippen LogP contribution in [0.2, 0.25) is 0 Å². The Balaban J connectivity index is 2.38. The molecule has 2 nitrogen and oxygen atoms in total. The Kier molecular flexibility index (Phi) is 5.95. The number of hydrogen-bond donors (Lipinski definition) is 1. The summed E-state index contributed by atoms with van der Waals surface area (Å²) < 4.78 is 0. The first-order chi connectivity index (χ1) is 11.0. The molecule has 1 aliphatic carbocycles. The SMILES string of the molecule is CCCCC1=C(/C=C(\CCCC)c2ccccc2)C(=O)C1(C)O. The first-order valence-corrected chi connectivity index (χ1v) is 8.79. The summed E-state index contributed by atoms with van der Waals surface area (Å²) >= 11 is 0. The van der Waals surface area contributed by atoms with Gasteiger partial charge < -0.3 is 5.11 Å². The number of benzene rings is 1. The quantitative estimate of drug-likeness (QED) is 0.726. The molecule has 0 saturated heterocycles. The monoisotopic (exact) mass is 312 g/mol. The maximum absolute atomic E-state index is 12.3. The number of ketones is 1. The van der Waals surface area contributed by atoms with Crippen molar-refractivity contribution < 1.29 is 9.90 Å². The van der Waals surface area contributed by atoms with Crippen LogP contribution in [0.3, 0.4) is 0 Å². The first-order valence-electron chi connectivity index (χ1n) is 8.79. The van der Waals surface area contributed by atoms with Crippen LogP contribution in [0.25, 0.3) is 5.57 Å². The van der Waals surface area contributed by atoms with Crippen LogP contribution in [0, 0.1) is 0 Å². The van der Waals surface area contributed by atoms with Crippen LogP contribution < -0.4 is 0 Å². The number of carbonyl (C=O) groups is 1. The van der Waals surface area contributed by atoms with Crippen LogP contribution in [0.1, 0.15) is 64.9 Å². The second-order valence-electron chi connectivity index (χ2n) is 6.54. The Morgan fingerprint density at radius 3 is 2.39 bits per heavy atom. The van der Waals surface area contributed by atoms with Crippen molar-refractivity contribution >= 4 is 11.4 Å². The Bertz CT molecular complexity index is 606. The minimum absolute atomic E-state index is 0.131. The second-order valence-corrected chi connectivity index (χ2v) is 6.54. The highest BCUT2D eigenvalue weighted by Gasteiger charge is 2.46. The molecule has 0 saturated carbocycles. The number of allylic oxidation sites excluding steroid dienone is 2. The number of Topliss-reactive ketones (excluding diaryl/α,β-unsaturated/α-hetero) is 1. The normalized spacial score (nSPS) is 21.6. The first kappa shape index (κ1) is 17.7. The number of aliphatic hydroxyl groups is 1. The molecular weight excluding hydrogens is 284 g/mol. The van der Waals surface area contributed by atoms with Crippen molar-refractivity contribution in [2.24, 2.45) is 0 Å². The van der Waals surface area contributed by atoms with Gasteiger partial charge in [0.25, 0.3) is 0 Å². The maximum atomic E-state index is 12.3. The molecule has 0 spiro atoms. The van der Waals surface area contributed by atoms with E-state index in [1.807, 2.05) is 24.3 Å². The summed E-state index contributed by atoms with van der Waals surface area (Å²) in [4.78, 5) is 12.3. The zero-order valence-corrected chi connectivity index (χ0v) is 14.6. The molecule has 0 radical (unpaired) electrons.